The Morgan fingerprint density at radius 2 is 2.30 bits per heavy atom. The predicted octanol–water partition coefficient (Wildman–Crippen LogP) is 1.73. The Labute approximate surface area is 60.0 Å². The highest BCUT2D eigenvalue weighted by molar-refractivity contribution is 5.56. The number of carboxylic acid groups (broad SMARTS) is 1. The molecular weight excluding hydrogens is 132 g/mol. The second-order valence-corrected chi connectivity index (χ2v) is 3.47. The summed E-state index contributed by atoms with van der Waals surface area (Å²) in [4.78, 5) is 9.92. The van der Waals surface area contributed by atoms with Crippen LogP contribution in [0.5, 0.6) is 0 Å². The van der Waals surface area contributed by atoms with E-state index in [1.807, 2.05) is 0 Å². The number of rotatable bonds is 2. The predicted molar refractivity (Wildman–Crippen MR) is 35.9 cm³/mol. The number of carbonyl (C=O) groups is 1. The molecule has 1 aliphatic carbocycles. The fourth-order valence-electron chi connectivity index (χ4n) is 1.03. The van der Waals surface area contributed by atoms with Crippen molar-refractivity contribution in [2.24, 2.45) is 11.3 Å². The van der Waals surface area contributed by atoms with Crippen LogP contribution >= 0.6 is 0 Å². The van der Waals surface area contributed by atoms with Crippen LogP contribution < -0.4 is 0 Å². The summed E-state index contributed by atoms with van der Waals surface area (Å²) in [7, 11) is 0. The van der Waals surface area contributed by atoms with Gasteiger partial charge in [0.15, 0.2) is 0 Å². The Kier molecular flexibility index (Phi) is 1.58. The fraction of sp³-hybridized carbons (Fsp3) is 0.857. The first-order valence-corrected chi connectivity index (χ1v) is 3.38. The zero-order chi connectivity index (χ0) is 7.78. The number of hydrogen-bond donors (Lipinski definition) is 1. The average molecular weight is 144 g/mol. The van der Waals surface area contributed by atoms with Gasteiger partial charge in [0.2, 0.25) is 0 Å². The van der Waals surface area contributed by atoms with Gasteiger partial charge in [0.05, 0.1) is 6.61 Å². The molecule has 1 rings (SSSR count). The van der Waals surface area contributed by atoms with Crippen molar-refractivity contribution in [1.82, 2.24) is 0 Å². The number of ether oxygens (including phenoxy) is 1. The Morgan fingerprint density at radius 1 is 1.80 bits per heavy atom. The molecule has 58 valence electrons. The van der Waals surface area contributed by atoms with E-state index in [0.717, 1.165) is 6.42 Å². The van der Waals surface area contributed by atoms with Gasteiger partial charge >= 0.3 is 6.16 Å². The van der Waals surface area contributed by atoms with Crippen LogP contribution in [0.2, 0.25) is 0 Å². The molecule has 0 aliphatic heterocycles. The van der Waals surface area contributed by atoms with Gasteiger partial charge in [0, 0.05) is 0 Å². The molecule has 0 aromatic carbocycles. The summed E-state index contributed by atoms with van der Waals surface area (Å²) in [6.45, 7) is 4.59. The van der Waals surface area contributed by atoms with Crippen molar-refractivity contribution >= 4 is 6.16 Å². The Morgan fingerprint density at radius 3 is 2.60 bits per heavy atom. The minimum Gasteiger partial charge on any atom is -0.450 e. The molecule has 0 saturated heterocycles. The Hall–Kier alpha value is -0.730. The maximum absolute atomic E-state index is 9.92. The molecule has 0 heterocycles. The smallest absolute Gasteiger partial charge is 0.450 e. The van der Waals surface area contributed by atoms with Crippen LogP contribution in [0, 0.1) is 11.3 Å². The lowest BCUT2D eigenvalue weighted by Gasteiger charge is -2.01. The lowest BCUT2D eigenvalue weighted by atomic mass is 10.1. The molecule has 0 aromatic rings. The third-order valence-corrected chi connectivity index (χ3v) is 2.13. The van der Waals surface area contributed by atoms with E-state index in [9.17, 15) is 4.79 Å². The van der Waals surface area contributed by atoms with Crippen molar-refractivity contribution < 1.29 is 14.6 Å². The van der Waals surface area contributed by atoms with Crippen molar-refractivity contribution in [3.05, 3.63) is 0 Å². The zero-order valence-electron chi connectivity index (χ0n) is 6.26. The molecule has 0 aromatic heterocycles. The van der Waals surface area contributed by atoms with Crippen LogP contribution in [0.4, 0.5) is 4.79 Å². The van der Waals surface area contributed by atoms with Crippen LogP contribution in [-0.4, -0.2) is 17.9 Å². The van der Waals surface area contributed by atoms with Gasteiger partial charge in [-0.2, -0.15) is 0 Å². The molecule has 0 radical (unpaired) electrons. The van der Waals surface area contributed by atoms with E-state index < -0.39 is 6.16 Å². The van der Waals surface area contributed by atoms with Crippen LogP contribution in [-0.2, 0) is 4.74 Å². The maximum Gasteiger partial charge on any atom is 0.505 e. The molecule has 1 N–H and O–H groups in total. The highest BCUT2D eigenvalue weighted by atomic mass is 16.7. The summed E-state index contributed by atoms with van der Waals surface area (Å²) in [5.41, 5.74) is 0.315. The highest BCUT2D eigenvalue weighted by Gasteiger charge is 2.46. The van der Waals surface area contributed by atoms with E-state index in [1.165, 1.54) is 0 Å². The van der Waals surface area contributed by atoms with Crippen LogP contribution in [0.3, 0.4) is 0 Å². The molecule has 0 amide bonds. The van der Waals surface area contributed by atoms with Crippen molar-refractivity contribution in [3.63, 3.8) is 0 Å². The summed E-state index contributed by atoms with van der Waals surface area (Å²) in [5, 5.41) is 8.14. The minimum atomic E-state index is -1.16. The molecule has 1 aliphatic rings. The lowest BCUT2D eigenvalue weighted by molar-refractivity contribution is 0.0845. The van der Waals surface area contributed by atoms with Crippen molar-refractivity contribution in [2.75, 3.05) is 6.61 Å². The van der Waals surface area contributed by atoms with E-state index in [-0.39, 0.29) is 0 Å². The topological polar surface area (TPSA) is 46.5 Å². The van der Waals surface area contributed by atoms with Crippen LogP contribution in [0.25, 0.3) is 0 Å². The first-order valence-electron chi connectivity index (χ1n) is 3.38. The fourth-order valence-corrected chi connectivity index (χ4v) is 1.03. The maximum atomic E-state index is 9.92. The molecule has 1 unspecified atom stereocenters. The van der Waals surface area contributed by atoms with Crippen molar-refractivity contribution in [2.45, 2.75) is 20.3 Å². The third kappa shape index (κ3) is 1.62. The molecular formula is C7H12O3. The largest absolute Gasteiger partial charge is 0.505 e. The van der Waals surface area contributed by atoms with Gasteiger partial charge in [-0.3, -0.25) is 0 Å². The molecule has 1 atom stereocenters. The van der Waals surface area contributed by atoms with Gasteiger partial charge < -0.3 is 9.84 Å². The van der Waals surface area contributed by atoms with E-state index in [2.05, 4.69) is 18.6 Å². The molecule has 3 nitrogen and oxygen atoms in total. The summed E-state index contributed by atoms with van der Waals surface area (Å²) in [6.07, 6.45) is -0.0806. The lowest BCUT2D eigenvalue weighted by Crippen LogP contribution is -2.05. The second-order valence-electron chi connectivity index (χ2n) is 3.47. The third-order valence-electron chi connectivity index (χ3n) is 2.13. The van der Waals surface area contributed by atoms with E-state index >= 15 is 0 Å². The quantitative estimate of drug-likeness (QED) is 0.600. The van der Waals surface area contributed by atoms with Gasteiger partial charge in [0.1, 0.15) is 0 Å². The molecule has 10 heavy (non-hydrogen) atoms. The first kappa shape index (κ1) is 7.38. The summed E-state index contributed by atoms with van der Waals surface area (Å²) < 4.78 is 4.42. The monoisotopic (exact) mass is 144 g/mol. The molecule has 1 saturated carbocycles. The van der Waals surface area contributed by atoms with E-state index in [4.69, 9.17) is 5.11 Å². The molecule has 0 spiro atoms. The van der Waals surface area contributed by atoms with E-state index in [0.29, 0.717) is 17.9 Å². The normalized spacial score (nSPS) is 27.6. The second kappa shape index (κ2) is 2.15. The van der Waals surface area contributed by atoms with Crippen molar-refractivity contribution in [3.8, 4) is 0 Å². The first-order chi connectivity index (χ1) is 4.52. The van der Waals surface area contributed by atoms with Gasteiger partial charge in [-0.05, 0) is 17.8 Å². The Bertz CT molecular complexity index is 151. The van der Waals surface area contributed by atoms with Crippen molar-refractivity contribution in [1.29, 1.82) is 0 Å². The van der Waals surface area contributed by atoms with Gasteiger partial charge in [-0.15, -0.1) is 0 Å². The standard InChI is InChI=1S/C7H12O3/c1-7(2)3-5(7)4-10-6(8)9/h5H,3-4H2,1-2H3,(H,8,9). The van der Waals surface area contributed by atoms with Gasteiger partial charge in [-0.25, -0.2) is 4.79 Å². The minimum absolute atomic E-state index is 0.315. The molecule has 3 heteroatoms. The highest BCUT2D eigenvalue weighted by Crippen LogP contribution is 2.51. The average Bonchev–Trinajstić information content (AvgIpc) is 2.35. The number of hydrogen-bond acceptors (Lipinski definition) is 2. The SMILES string of the molecule is CC1(C)CC1COC(=O)O. The summed E-state index contributed by atoms with van der Waals surface area (Å²) >= 11 is 0. The van der Waals surface area contributed by atoms with Gasteiger partial charge in [-0.1, -0.05) is 13.8 Å². The van der Waals surface area contributed by atoms with Crippen LogP contribution in [0.15, 0.2) is 0 Å². The van der Waals surface area contributed by atoms with Gasteiger partial charge in [0.25, 0.3) is 0 Å². The molecule has 1 fully saturated rings. The molecule has 0 bridgehead atoms. The van der Waals surface area contributed by atoms with E-state index in [1.54, 1.807) is 0 Å². The van der Waals surface area contributed by atoms with Crippen LogP contribution in [0.1, 0.15) is 20.3 Å². The Balaban J connectivity index is 2.13. The summed E-state index contributed by atoms with van der Waals surface area (Å²) in [5.74, 6) is 0.448. The summed E-state index contributed by atoms with van der Waals surface area (Å²) in [6, 6.07) is 0. The zero-order valence-corrected chi connectivity index (χ0v) is 6.26.